The summed E-state index contributed by atoms with van der Waals surface area (Å²) in [5.41, 5.74) is 0.167. The molecule has 0 radical (unpaired) electrons. The molecule has 0 unspecified atom stereocenters. The summed E-state index contributed by atoms with van der Waals surface area (Å²) in [6.07, 6.45) is 0.777. The number of carbonyl (C=O) groups is 2. The van der Waals surface area contributed by atoms with Crippen molar-refractivity contribution < 1.29 is 18.4 Å². The van der Waals surface area contributed by atoms with Gasteiger partial charge in [-0.1, -0.05) is 18.2 Å². The van der Waals surface area contributed by atoms with Crippen LogP contribution in [-0.4, -0.2) is 11.8 Å². The van der Waals surface area contributed by atoms with E-state index < -0.39 is 28.9 Å². The average Bonchev–Trinajstić information content (AvgIpc) is 3.34. The maximum Gasteiger partial charge on any atom is 0.240 e. The van der Waals surface area contributed by atoms with Crippen LogP contribution in [-0.2, 0) is 9.59 Å². The second-order valence-corrected chi connectivity index (χ2v) is 5.93. The molecule has 0 bridgehead atoms. The maximum atomic E-state index is 13.7. The molecular weight excluding hydrogens is 314 g/mol. The Kier molecular flexibility index (Phi) is 4.05. The normalized spacial score (nSPS) is 14.8. The lowest BCUT2D eigenvalue weighted by Gasteiger charge is -2.16. The zero-order valence-corrected chi connectivity index (χ0v) is 13.0. The number of aryl methyl sites for hydroxylation is 1. The molecule has 0 aromatic heterocycles. The first-order chi connectivity index (χ1) is 11.4. The van der Waals surface area contributed by atoms with Crippen LogP contribution in [0.15, 0.2) is 42.5 Å². The van der Waals surface area contributed by atoms with E-state index in [1.165, 1.54) is 0 Å². The minimum absolute atomic E-state index is 0.142. The van der Waals surface area contributed by atoms with Crippen molar-refractivity contribution in [1.29, 1.82) is 0 Å². The largest absolute Gasteiger partial charge is 0.325 e. The van der Waals surface area contributed by atoms with E-state index in [2.05, 4.69) is 10.6 Å². The zero-order valence-electron chi connectivity index (χ0n) is 13.0. The van der Waals surface area contributed by atoms with Gasteiger partial charge < -0.3 is 10.6 Å². The van der Waals surface area contributed by atoms with Gasteiger partial charge in [-0.15, -0.1) is 0 Å². The average molecular weight is 330 g/mol. The number of hydrogen-bond acceptors (Lipinski definition) is 2. The summed E-state index contributed by atoms with van der Waals surface area (Å²) in [7, 11) is 0. The van der Waals surface area contributed by atoms with E-state index in [0.29, 0.717) is 24.6 Å². The summed E-state index contributed by atoms with van der Waals surface area (Å²) in [6, 6.07) is 10.1. The number of nitrogens with one attached hydrogen (secondary N) is 2. The number of benzene rings is 2. The number of carbonyl (C=O) groups excluding carboxylic acids is 2. The van der Waals surface area contributed by atoms with Crippen LogP contribution in [0, 0.1) is 24.0 Å². The van der Waals surface area contributed by atoms with E-state index >= 15 is 0 Å². The van der Waals surface area contributed by atoms with Gasteiger partial charge in [0.1, 0.15) is 17.0 Å². The SMILES string of the molecule is Cc1ccccc1NC(=O)C1(C(=O)Nc2ccc(F)cc2F)CC1. The van der Waals surface area contributed by atoms with Gasteiger partial charge in [-0.3, -0.25) is 9.59 Å². The summed E-state index contributed by atoms with van der Waals surface area (Å²) < 4.78 is 26.6. The highest BCUT2D eigenvalue weighted by Crippen LogP contribution is 2.47. The Bertz CT molecular complexity index is 816. The number of anilines is 2. The minimum Gasteiger partial charge on any atom is -0.325 e. The van der Waals surface area contributed by atoms with Gasteiger partial charge in [0, 0.05) is 11.8 Å². The predicted octanol–water partition coefficient (Wildman–Crippen LogP) is 3.63. The second-order valence-electron chi connectivity index (χ2n) is 5.93. The van der Waals surface area contributed by atoms with E-state index in [1.807, 2.05) is 19.1 Å². The van der Waals surface area contributed by atoms with E-state index in [0.717, 1.165) is 17.7 Å². The molecule has 1 fully saturated rings. The lowest BCUT2D eigenvalue weighted by atomic mass is 10.0. The first-order valence-electron chi connectivity index (χ1n) is 7.56. The minimum atomic E-state index is -1.21. The van der Waals surface area contributed by atoms with Crippen LogP contribution in [0.2, 0.25) is 0 Å². The standard InChI is InChI=1S/C18H16F2N2O2/c1-11-4-2-3-5-14(11)21-16(23)18(8-9-18)17(24)22-15-7-6-12(19)10-13(15)20/h2-7,10H,8-9H2,1H3,(H,21,23)(H,22,24). The van der Waals surface area contributed by atoms with Crippen LogP contribution in [0.1, 0.15) is 18.4 Å². The number of para-hydroxylation sites is 1. The van der Waals surface area contributed by atoms with E-state index in [4.69, 9.17) is 0 Å². The molecule has 0 atom stereocenters. The molecule has 2 N–H and O–H groups in total. The number of amides is 2. The van der Waals surface area contributed by atoms with Crippen LogP contribution in [0.3, 0.4) is 0 Å². The van der Waals surface area contributed by atoms with Crippen molar-refractivity contribution in [3.63, 3.8) is 0 Å². The third-order valence-electron chi connectivity index (χ3n) is 4.19. The van der Waals surface area contributed by atoms with Gasteiger partial charge in [0.25, 0.3) is 0 Å². The summed E-state index contributed by atoms with van der Waals surface area (Å²) in [6.45, 7) is 1.85. The quantitative estimate of drug-likeness (QED) is 0.841. The lowest BCUT2D eigenvalue weighted by Crippen LogP contribution is -2.36. The highest BCUT2D eigenvalue weighted by molar-refractivity contribution is 6.17. The third-order valence-corrected chi connectivity index (χ3v) is 4.19. The lowest BCUT2D eigenvalue weighted by molar-refractivity contribution is -0.131. The van der Waals surface area contributed by atoms with E-state index in [1.54, 1.807) is 12.1 Å². The first-order valence-corrected chi connectivity index (χ1v) is 7.56. The first kappa shape index (κ1) is 16.1. The molecule has 124 valence electrons. The predicted molar refractivity (Wildman–Crippen MR) is 86.5 cm³/mol. The molecule has 1 aliphatic carbocycles. The highest BCUT2D eigenvalue weighted by atomic mass is 19.1. The summed E-state index contributed by atoms with van der Waals surface area (Å²) in [5, 5.41) is 5.13. The molecular formula is C18H16F2N2O2. The molecule has 0 spiro atoms. The molecule has 2 aromatic rings. The van der Waals surface area contributed by atoms with Crippen molar-refractivity contribution >= 4 is 23.2 Å². The van der Waals surface area contributed by atoms with E-state index in [-0.39, 0.29) is 5.69 Å². The van der Waals surface area contributed by atoms with Crippen molar-refractivity contribution in [3.8, 4) is 0 Å². The molecule has 0 heterocycles. The Balaban J connectivity index is 1.74. The van der Waals surface area contributed by atoms with E-state index in [9.17, 15) is 18.4 Å². The number of rotatable bonds is 4. The van der Waals surface area contributed by atoms with Gasteiger partial charge in [-0.05, 0) is 43.5 Å². The second kappa shape index (κ2) is 6.03. The molecule has 4 nitrogen and oxygen atoms in total. The topological polar surface area (TPSA) is 58.2 Å². The Morgan fingerprint density at radius 2 is 1.58 bits per heavy atom. The zero-order chi connectivity index (χ0) is 17.3. The van der Waals surface area contributed by atoms with Crippen LogP contribution >= 0.6 is 0 Å². The summed E-state index contributed by atoms with van der Waals surface area (Å²) in [5.74, 6) is -2.61. The number of halogens is 2. The van der Waals surface area contributed by atoms with Crippen molar-refractivity contribution in [3.05, 3.63) is 59.7 Å². The fourth-order valence-corrected chi connectivity index (χ4v) is 2.47. The molecule has 0 aliphatic heterocycles. The summed E-state index contributed by atoms with van der Waals surface area (Å²) >= 11 is 0. The molecule has 3 rings (SSSR count). The molecule has 2 aromatic carbocycles. The van der Waals surface area contributed by atoms with Crippen LogP contribution in [0.4, 0.5) is 20.2 Å². The van der Waals surface area contributed by atoms with Crippen molar-refractivity contribution in [2.75, 3.05) is 10.6 Å². The fraction of sp³-hybridized carbons (Fsp3) is 0.222. The Morgan fingerprint density at radius 1 is 0.958 bits per heavy atom. The van der Waals surface area contributed by atoms with Gasteiger partial charge in [-0.2, -0.15) is 0 Å². The van der Waals surface area contributed by atoms with Crippen LogP contribution in [0.25, 0.3) is 0 Å². The number of hydrogen-bond donors (Lipinski definition) is 2. The van der Waals surface area contributed by atoms with Gasteiger partial charge in [0.05, 0.1) is 5.69 Å². The van der Waals surface area contributed by atoms with Crippen molar-refractivity contribution in [2.45, 2.75) is 19.8 Å². The molecule has 0 saturated heterocycles. The Labute approximate surface area is 137 Å². The van der Waals surface area contributed by atoms with Crippen molar-refractivity contribution in [1.82, 2.24) is 0 Å². The third kappa shape index (κ3) is 2.99. The smallest absolute Gasteiger partial charge is 0.240 e. The van der Waals surface area contributed by atoms with Crippen LogP contribution in [0.5, 0.6) is 0 Å². The summed E-state index contributed by atoms with van der Waals surface area (Å²) in [4.78, 5) is 24.9. The molecule has 1 aliphatic rings. The molecule has 2 amide bonds. The van der Waals surface area contributed by atoms with Gasteiger partial charge in [0.2, 0.25) is 11.8 Å². The Morgan fingerprint density at radius 3 is 2.17 bits per heavy atom. The highest BCUT2D eigenvalue weighted by Gasteiger charge is 2.56. The molecule has 24 heavy (non-hydrogen) atoms. The molecule has 1 saturated carbocycles. The fourth-order valence-electron chi connectivity index (χ4n) is 2.47. The van der Waals surface area contributed by atoms with Gasteiger partial charge in [0.15, 0.2) is 0 Å². The van der Waals surface area contributed by atoms with Gasteiger partial charge >= 0.3 is 0 Å². The van der Waals surface area contributed by atoms with Crippen molar-refractivity contribution in [2.24, 2.45) is 5.41 Å². The maximum absolute atomic E-state index is 13.7. The van der Waals surface area contributed by atoms with Gasteiger partial charge in [-0.25, -0.2) is 8.78 Å². The monoisotopic (exact) mass is 330 g/mol. The molecule has 6 heteroatoms. The Hall–Kier alpha value is -2.76. The van der Waals surface area contributed by atoms with Crippen LogP contribution < -0.4 is 10.6 Å².